The van der Waals surface area contributed by atoms with Gasteiger partial charge in [0.15, 0.2) is 0 Å². The van der Waals surface area contributed by atoms with Crippen LogP contribution in [0.3, 0.4) is 0 Å². The first-order valence-electron chi connectivity index (χ1n) is 7.32. The number of nitrogens with one attached hydrogen (secondary N) is 1. The molecule has 0 bridgehead atoms. The molecule has 1 heterocycles. The number of hydrogen-bond donors (Lipinski definition) is 1. The predicted octanol–water partition coefficient (Wildman–Crippen LogP) is 3.05. The molecule has 0 aliphatic carbocycles. The van der Waals surface area contributed by atoms with Gasteiger partial charge in [-0.2, -0.15) is 0 Å². The van der Waals surface area contributed by atoms with Crippen molar-refractivity contribution < 1.29 is 12.8 Å². The van der Waals surface area contributed by atoms with Gasteiger partial charge in [0.05, 0.1) is 6.33 Å². The molecule has 1 atom stereocenters. The van der Waals surface area contributed by atoms with Gasteiger partial charge in [-0.05, 0) is 36.8 Å². The highest BCUT2D eigenvalue weighted by Crippen LogP contribution is 2.20. The van der Waals surface area contributed by atoms with E-state index in [0.29, 0.717) is 0 Å². The third kappa shape index (κ3) is 3.37. The molecule has 5 nitrogen and oxygen atoms in total. The molecule has 0 saturated heterocycles. The average Bonchev–Trinajstić information content (AvgIpc) is 3.09. The largest absolute Gasteiger partial charge is 0.306 e. The second kappa shape index (κ2) is 6.54. The summed E-state index contributed by atoms with van der Waals surface area (Å²) in [5, 5.41) is 0. The number of sulfonamides is 1. The van der Waals surface area contributed by atoms with Crippen LogP contribution in [-0.4, -0.2) is 18.0 Å². The van der Waals surface area contributed by atoms with E-state index >= 15 is 0 Å². The number of nitrogens with zero attached hydrogens (tertiary/aromatic N) is 2. The molecule has 0 amide bonds. The SMILES string of the molecule is CC(NS(=O)(=O)c1ccccc1F)c1ccc(-n2ccnc2)cc1. The molecule has 2 aromatic carbocycles. The van der Waals surface area contributed by atoms with Crippen molar-refractivity contribution in [3.8, 4) is 5.69 Å². The van der Waals surface area contributed by atoms with Crippen molar-refractivity contribution in [2.45, 2.75) is 17.9 Å². The number of imidazole rings is 1. The summed E-state index contributed by atoms with van der Waals surface area (Å²) in [4.78, 5) is 3.63. The van der Waals surface area contributed by atoms with Crippen LogP contribution in [0, 0.1) is 5.82 Å². The van der Waals surface area contributed by atoms with Crippen LogP contribution in [0.4, 0.5) is 4.39 Å². The summed E-state index contributed by atoms with van der Waals surface area (Å²) < 4.78 is 42.7. The van der Waals surface area contributed by atoms with Crippen molar-refractivity contribution in [3.05, 3.63) is 78.6 Å². The Labute approximate surface area is 139 Å². The molecular formula is C17H16FN3O2S. The number of rotatable bonds is 5. The fraction of sp³-hybridized carbons (Fsp3) is 0.118. The zero-order chi connectivity index (χ0) is 17.2. The minimum Gasteiger partial charge on any atom is -0.306 e. The fourth-order valence-corrected chi connectivity index (χ4v) is 3.68. The first-order chi connectivity index (χ1) is 11.5. The topological polar surface area (TPSA) is 64.0 Å². The smallest absolute Gasteiger partial charge is 0.244 e. The molecule has 1 N–H and O–H groups in total. The van der Waals surface area contributed by atoms with Crippen LogP contribution in [0.1, 0.15) is 18.5 Å². The predicted molar refractivity (Wildman–Crippen MR) is 88.7 cm³/mol. The summed E-state index contributed by atoms with van der Waals surface area (Å²) in [5.74, 6) is -0.771. The number of benzene rings is 2. The Morgan fingerprint density at radius 1 is 1.12 bits per heavy atom. The van der Waals surface area contributed by atoms with E-state index in [1.54, 1.807) is 19.4 Å². The molecule has 0 fully saturated rings. The lowest BCUT2D eigenvalue weighted by molar-refractivity contribution is 0.547. The lowest BCUT2D eigenvalue weighted by Crippen LogP contribution is -2.27. The van der Waals surface area contributed by atoms with Gasteiger partial charge in [-0.3, -0.25) is 0 Å². The minimum absolute atomic E-state index is 0.355. The second-order valence-corrected chi connectivity index (χ2v) is 7.02. The molecule has 7 heteroatoms. The summed E-state index contributed by atoms with van der Waals surface area (Å²) in [5.41, 5.74) is 1.69. The fourth-order valence-electron chi connectivity index (χ4n) is 2.37. The monoisotopic (exact) mass is 345 g/mol. The Kier molecular flexibility index (Phi) is 4.46. The third-order valence-corrected chi connectivity index (χ3v) is 5.23. The zero-order valence-corrected chi connectivity index (χ0v) is 13.7. The maximum Gasteiger partial charge on any atom is 0.244 e. The van der Waals surface area contributed by atoms with E-state index in [0.717, 1.165) is 17.3 Å². The van der Waals surface area contributed by atoms with Gasteiger partial charge < -0.3 is 4.57 Å². The third-order valence-electron chi connectivity index (χ3n) is 3.65. The first-order valence-corrected chi connectivity index (χ1v) is 8.81. The lowest BCUT2D eigenvalue weighted by atomic mass is 10.1. The molecular weight excluding hydrogens is 329 g/mol. The normalized spacial score (nSPS) is 12.9. The van der Waals surface area contributed by atoms with Crippen LogP contribution in [0.25, 0.3) is 5.69 Å². The maximum atomic E-state index is 13.7. The van der Waals surface area contributed by atoms with Gasteiger partial charge in [0, 0.05) is 24.1 Å². The minimum atomic E-state index is -3.93. The summed E-state index contributed by atoms with van der Waals surface area (Å²) >= 11 is 0. The van der Waals surface area contributed by atoms with Gasteiger partial charge in [0.1, 0.15) is 10.7 Å². The zero-order valence-electron chi connectivity index (χ0n) is 12.9. The Balaban J connectivity index is 1.80. The second-order valence-electron chi connectivity index (χ2n) is 5.33. The summed E-state index contributed by atoms with van der Waals surface area (Å²) in [6.07, 6.45) is 5.18. The molecule has 0 spiro atoms. The van der Waals surface area contributed by atoms with E-state index in [1.165, 1.54) is 18.2 Å². The van der Waals surface area contributed by atoms with Crippen molar-refractivity contribution >= 4 is 10.0 Å². The number of aromatic nitrogens is 2. The Morgan fingerprint density at radius 3 is 2.46 bits per heavy atom. The van der Waals surface area contributed by atoms with Crippen LogP contribution in [-0.2, 0) is 10.0 Å². The van der Waals surface area contributed by atoms with Crippen LogP contribution in [0.5, 0.6) is 0 Å². The van der Waals surface area contributed by atoms with Crippen LogP contribution in [0.15, 0.2) is 72.1 Å². The molecule has 24 heavy (non-hydrogen) atoms. The van der Waals surface area contributed by atoms with Crippen LogP contribution in [0.2, 0.25) is 0 Å². The van der Waals surface area contributed by atoms with Gasteiger partial charge in [-0.25, -0.2) is 22.5 Å². The summed E-state index contributed by atoms with van der Waals surface area (Å²) in [6, 6.07) is 12.2. The van der Waals surface area contributed by atoms with Crippen LogP contribution >= 0.6 is 0 Å². The summed E-state index contributed by atoms with van der Waals surface area (Å²) in [7, 11) is -3.93. The maximum absolute atomic E-state index is 13.7. The standard InChI is InChI=1S/C17H16FN3O2S/c1-13(20-24(22,23)17-5-3-2-4-16(17)18)14-6-8-15(9-7-14)21-11-10-19-12-21/h2-13,20H,1H3. The van der Waals surface area contributed by atoms with Gasteiger partial charge in [0.25, 0.3) is 0 Å². The van der Waals surface area contributed by atoms with E-state index in [-0.39, 0.29) is 4.90 Å². The molecule has 3 aromatic rings. The van der Waals surface area contributed by atoms with E-state index in [4.69, 9.17) is 0 Å². The average molecular weight is 345 g/mol. The van der Waals surface area contributed by atoms with Crippen molar-refractivity contribution in [3.63, 3.8) is 0 Å². The number of halogens is 1. The molecule has 3 rings (SSSR count). The number of hydrogen-bond acceptors (Lipinski definition) is 3. The molecule has 0 radical (unpaired) electrons. The van der Waals surface area contributed by atoms with E-state index in [2.05, 4.69) is 9.71 Å². The van der Waals surface area contributed by atoms with Gasteiger partial charge in [-0.15, -0.1) is 0 Å². The van der Waals surface area contributed by atoms with Crippen molar-refractivity contribution in [1.82, 2.24) is 14.3 Å². The highest BCUT2D eigenvalue weighted by molar-refractivity contribution is 7.89. The molecule has 0 aliphatic rings. The van der Waals surface area contributed by atoms with E-state index in [1.807, 2.05) is 35.0 Å². The highest BCUT2D eigenvalue weighted by Gasteiger charge is 2.21. The van der Waals surface area contributed by atoms with Crippen LogP contribution < -0.4 is 4.72 Å². The lowest BCUT2D eigenvalue weighted by Gasteiger charge is -2.15. The first kappa shape index (κ1) is 16.4. The van der Waals surface area contributed by atoms with Gasteiger partial charge in [0.2, 0.25) is 10.0 Å². The molecule has 124 valence electrons. The molecule has 1 aromatic heterocycles. The van der Waals surface area contributed by atoms with Gasteiger partial charge in [-0.1, -0.05) is 24.3 Å². The molecule has 0 aliphatic heterocycles. The van der Waals surface area contributed by atoms with Crippen molar-refractivity contribution in [1.29, 1.82) is 0 Å². The van der Waals surface area contributed by atoms with E-state index in [9.17, 15) is 12.8 Å². The molecule has 0 saturated carbocycles. The molecule has 1 unspecified atom stereocenters. The van der Waals surface area contributed by atoms with Gasteiger partial charge >= 0.3 is 0 Å². The van der Waals surface area contributed by atoms with Crippen molar-refractivity contribution in [2.75, 3.05) is 0 Å². The summed E-state index contributed by atoms with van der Waals surface area (Å²) in [6.45, 7) is 1.71. The Morgan fingerprint density at radius 2 is 1.83 bits per heavy atom. The quantitative estimate of drug-likeness (QED) is 0.773. The Bertz CT molecular complexity index is 923. The van der Waals surface area contributed by atoms with E-state index < -0.39 is 21.9 Å². The Hall–Kier alpha value is -2.51. The highest BCUT2D eigenvalue weighted by atomic mass is 32.2. The van der Waals surface area contributed by atoms with Crippen molar-refractivity contribution in [2.24, 2.45) is 0 Å².